The summed E-state index contributed by atoms with van der Waals surface area (Å²) in [6.45, 7) is 9.21. The minimum Gasteiger partial charge on any atom is -0.498 e. The van der Waals surface area contributed by atoms with Crippen LogP contribution in [0.2, 0.25) is 0 Å². The highest BCUT2D eigenvalue weighted by Crippen LogP contribution is 2.34. The number of anilines is 2. The molecular formula is C24H35F3N4O4. The number of fused-ring (bicyclic) bond motifs is 1. The molecule has 3 rings (SSSR count). The van der Waals surface area contributed by atoms with E-state index >= 15 is 4.39 Å². The molecule has 11 heteroatoms. The molecule has 0 bridgehead atoms. The molecule has 1 aromatic rings. The van der Waals surface area contributed by atoms with Crippen LogP contribution in [0.3, 0.4) is 0 Å². The standard InChI is InChI=1S/C24H35F3N4O4/c1-5-6-7-11-35-17(3)13-18(32)14-31-19(24(4,26)27)8-9-30-22(33)20(25)21(28-23(30)31)29-10-12-34-15-16(29)2/h16,19H,3,5-15H2,1-2,4H3/t16-,19+/m1/s1. The molecule has 1 fully saturated rings. The first kappa shape index (κ1) is 27.0. The number of ketones is 1. The molecular weight excluding hydrogens is 465 g/mol. The first-order valence-electron chi connectivity index (χ1n) is 12.2. The van der Waals surface area contributed by atoms with Gasteiger partial charge in [-0.25, -0.2) is 8.78 Å². The third-order valence-corrected chi connectivity index (χ3v) is 6.36. The van der Waals surface area contributed by atoms with Gasteiger partial charge in [0.25, 0.3) is 11.5 Å². The number of ether oxygens (including phenoxy) is 2. The van der Waals surface area contributed by atoms with Crippen LogP contribution < -0.4 is 15.4 Å². The molecule has 0 aromatic carbocycles. The van der Waals surface area contributed by atoms with Crippen LogP contribution in [-0.4, -0.2) is 66.3 Å². The van der Waals surface area contributed by atoms with E-state index < -0.39 is 35.7 Å². The van der Waals surface area contributed by atoms with Gasteiger partial charge in [0.2, 0.25) is 11.8 Å². The van der Waals surface area contributed by atoms with Crippen LogP contribution in [0.5, 0.6) is 0 Å². The second kappa shape index (κ2) is 11.5. The molecule has 2 atom stereocenters. The van der Waals surface area contributed by atoms with Crippen molar-refractivity contribution in [2.75, 3.05) is 42.7 Å². The van der Waals surface area contributed by atoms with Gasteiger partial charge in [-0.05, 0) is 19.8 Å². The molecule has 0 saturated carbocycles. The molecule has 1 saturated heterocycles. The average molecular weight is 501 g/mol. The van der Waals surface area contributed by atoms with Gasteiger partial charge in [0.05, 0.1) is 50.6 Å². The number of carbonyl (C=O) groups excluding carboxylic acids is 1. The number of morpholine rings is 1. The van der Waals surface area contributed by atoms with Gasteiger partial charge in [-0.2, -0.15) is 9.37 Å². The summed E-state index contributed by atoms with van der Waals surface area (Å²) in [5.41, 5.74) is -0.942. The summed E-state index contributed by atoms with van der Waals surface area (Å²) in [5, 5.41) is 0. The molecule has 0 N–H and O–H groups in total. The summed E-state index contributed by atoms with van der Waals surface area (Å²) in [4.78, 5) is 32.8. The van der Waals surface area contributed by atoms with E-state index in [1.165, 1.54) is 0 Å². The van der Waals surface area contributed by atoms with Crippen LogP contribution in [0.25, 0.3) is 0 Å². The molecule has 8 nitrogen and oxygen atoms in total. The van der Waals surface area contributed by atoms with Gasteiger partial charge >= 0.3 is 0 Å². The monoisotopic (exact) mass is 500 g/mol. The Bertz CT molecular complexity index is 979. The Morgan fingerprint density at radius 2 is 2.06 bits per heavy atom. The van der Waals surface area contributed by atoms with Crippen molar-refractivity contribution in [3.05, 3.63) is 28.5 Å². The van der Waals surface area contributed by atoms with Gasteiger partial charge < -0.3 is 19.3 Å². The maximum Gasteiger partial charge on any atom is 0.293 e. The largest absolute Gasteiger partial charge is 0.498 e. The minimum absolute atomic E-state index is 0.122. The van der Waals surface area contributed by atoms with E-state index in [2.05, 4.69) is 18.5 Å². The Morgan fingerprint density at radius 3 is 2.71 bits per heavy atom. The highest BCUT2D eigenvalue weighted by atomic mass is 19.3. The lowest BCUT2D eigenvalue weighted by Gasteiger charge is -2.41. The van der Waals surface area contributed by atoms with Crippen LogP contribution in [0, 0.1) is 5.82 Å². The van der Waals surface area contributed by atoms with E-state index in [0.717, 1.165) is 35.7 Å². The molecule has 0 spiro atoms. The second-order valence-electron chi connectivity index (χ2n) is 9.32. The van der Waals surface area contributed by atoms with Crippen molar-refractivity contribution < 1.29 is 27.4 Å². The van der Waals surface area contributed by atoms with E-state index in [1.807, 2.05) is 0 Å². The Labute approximate surface area is 203 Å². The minimum atomic E-state index is -3.18. The van der Waals surface area contributed by atoms with Crippen molar-refractivity contribution in [1.29, 1.82) is 0 Å². The fourth-order valence-corrected chi connectivity index (χ4v) is 4.50. The smallest absolute Gasteiger partial charge is 0.293 e. The molecule has 0 aliphatic carbocycles. The number of carbonyl (C=O) groups is 1. The van der Waals surface area contributed by atoms with Crippen molar-refractivity contribution in [3.8, 4) is 0 Å². The molecule has 1 aromatic heterocycles. The molecule has 2 aliphatic rings. The van der Waals surface area contributed by atoms with Crippen LogP contribution in [-0.2, 0) is 20.8 Å². The predicted octanol–water partition coefficient (Wildman–Crippen LogP) is 3.52. The number of nitrogens with zero attached hydrogens (tertiary/aromatic N) is 4. The number of halogens is 3. The van der Waals surface area contributed by atoms with E-state index in [-0.39, 0.29) is 43.0 Å². The number of hydrogen-bond donors (Lipinski definition) is 0. The second-order valence-corrected chi connectivity index (χ2v) is 9.32. The number of unbranched alkanes of at least 4 members (excludes halogenated alkanes) is 2. The maximum atomic E-state index is 15.1. The van der Waals surface area contributed by atoms with Gasteiger partial charge in [-0.15, -0.1) is 0 Å². The number of allylic oxidation sites excluding steroid dienone is 1. The van der Waals surface area contributed by atoms with Crippen molar-refractivity contribution in [2.24, 2.45) is 0 Å². The number of Topliss-reactive ketones (excluding diaryl/α,β-unsaturated/α-hetero) is 1. The number of aromatic nitrogens is 2. The Morgan fingerprint density at radius 1 is 1.31 bits per heavy atom. The van der Waals surface area contributed by atoms with Crippen LogP contribution >= 0.6 is 0 Å². The van der Waals surface area contributed by atoms with Gasteiger partial charge in [0.15, 0.2) is 11.6 Å². The van der Waals surface area contributed by atoms with Crippen molar-refractivity contribution >= 4 is 17.5 Å². The highest BCUT2D eigenvalue weighted by Gasteiger charge is 2.44. The first-order valence-corrected chi connectivity index (χ1v) is 12.2. The summed E-state index contributed by atoms with van der Waals surface area (Å²) in [5.74, 6) is -4.71. The van der Waals surface area contributed by atoms with E-state index in [4.69, 9.17) is 9.47 Å². The summed E-state index contributed by atoms with van der Waals surface area (Å²) < 4.78 is 56.2. The fraction of sp³-hybridized carbons (Fsp3) is 0.708. The zero-order chi connectivity index (χ0) is 25.8. The number of rotatable bonds is 11. The first-order chi connectivity index (χ1) is 16.5. The third-order valence-electron chi connectivity index (χ3n) is 6.36. The van der Waals surface area contributed by atoms with Gasteiger partial charge in [-0.1, -0.05) is 26.3 Å². The average Bonchev–Trinajstić information content (AvgIpc) is 2.79. The molecule has 0 amide bonds. The summed E-state index contributed by atoms with van der Waals surface area (Å²) in [6.07, 6.45) is 2.55. The summed E-state index contributed by atoms with van der Waals surface area (Å²) >= 11 is 0. The summed E-state index contributed by atoms with van der Waals surface area (Å²) in [6, 6.07) is -1.64. The lowest BCUT2D eigenvalue weighted by Crippen LogP contribution is -2.55. The van der Waals surface area contributed by atoms with Crippen LogP contribution in [0.4, 0.5) is 24.9 Å². The highest BCUT2D eigenvalue weighted by molar-refractivity contribution is 5.85. The van der Waals surface area contributed by atoms with Gasteiger partial charge in [-0.3, -0.25) is 14.2 Å². The fourth-order valence-electron chi connectivity index (χ4n) is 4.50. The zero-order valence-electron chi connectivity index (χ0n) is 20.7. The summed E-state index contributed by atoms with van der Waals surface area (Å²) in [7, 11) is 0. The molecule has 3 heterocycles. The van der Waals surface area contributed by atoms with Crippen molar-refractivity contribution in [1.82, 2.24) is 9.55 Å². The SMILES string of the molecule is C=C(CC(=O)CN1c2nc(N3CCOC[C@H]3C)c(F)c(=O)n2CC[C@H]1C(C)(F)F)OCCCCC. The van der Waals surface area contributed by atoms with E-state index in [9.17, 15) is 18.4 Å². The van der Waals surface area contributed by atoms with Crippen molar-refractivity contribution in [3.63, 3.8) is 0 Å². The van der Waals surface area contributed by atoms with Crippen molar-refractivity contribution in [2.45, 2.75) is 77.4 Å². The number of alkyl halides is 2. The van der Waals surface area contributed by atoms with E-state index in [1.54, 1.807) is 11.8 Å². The predicted molar refractivity (Wildman–Crippen MR) is 127 cm³/mol. The molecule has 2 aliphatic heterocycles. The molecule has 0 unspecified atom stereocenters. The normalized spacial score (nSPS) is 20.5. The van der Waals surface area contributed by atoms with Gasteiger partial charge in [0.1, 0.15) is 0 Å². The van der Waals surface area contributed by atoms with Gasteiger partial charge in [0, 0.05) is 20.0 Å². The lowest BCUT2D eigenvalue weighted by atomic mass is 10.0. The Hall–Kier alpha value is -2.56. The van der Waals surface area contributed by atoms with E-state index in [0.29, 0.717) is 26.4 Å². The van der Waals surface area contributed by atoms with Crippen LogP contribution in [0.1, 0.15) is 52.9 Å². The zero-order valence-corrected chi connectivity index (χ0v) is 20.7. The maximum absolute atomic E-state index is 15.1. The number of hydrogen-bond acceptors (Lipinski definition) is 7. The molecule has 196 valence electrons. The topological polar surface area (TPSA) is 76.9 Å². The Balaban J connectivity index is 1.90. The quantitative estimate of drug-likeness (QED) is 0.340. The molecule has 0 radical (unpaired) electrons. The third kappa shape index (κ3) is 6.36. The van der Waals surface area contributed by atoms with Crippen LogP contribution in [0.15, 0.2) is 17.1 Å². The lowest BCUT2D eigenvalue weighted by molar-refractivity contribution is -0.118. The Kier molecular flexibility index (Phi) is 8.84. The molecule has 35 heavy (non-hydrogen) atoms.